The van der Waals surface area contributed by atoms with Crippen LogP contribution < -0.4 is 5.73 Å². The Labute approximate surface area is 101 Å². The predicted octanol–water partition coefficient (Wildman–Crippen LogP) is 2.45. The van der Waals surface area contributed by atoms with Gasteiger partial charge in [-0.15, -0.1) is 0 Å². The normalized spacial score (nSPS) is 10.6. The highest BCUT2D eigenvalue weighted by Crippen LogP contribution is 2.11. The highest BCUT2D eigenvalue weighted by atomic mass is 35.5. The average Bonchev–Trinajstić information content (AvgIpc) is 2.19. The minimum Gasteiger partial charge on any atom is -0.392 e. The van der Waals surface area contributed by atoms with Crippen LogP contribution in [0.2, 0.25) is 5.02 Å². The molecule has 0 heterocycles. The van der Waals surface area contributed by atoms with Gasteiger partial charge in [0, 0.05) is 18.1 Å². The van der Waals surface area contributed by atoms with Crippen molar-refractivity contribution in [3.8, 4) is 0 Å². The summed E-state index contributed by atoms with van der Waals surface area (Å²) in [4.78, 5) is 2.72. The van der Waals surface area contributed by atoms with E-state index >= 15 is 0 Å². The molecule has 15 heavy (non-hydrogen) atoms. The van der Waals surface area contributed by atoms with Gasteiger partial charge in [0.25, 0.3) is 0 Å². The fraction of sp³-hybridized carbons (Fsp3) is 0.364. The molecule has 0 aliphatic heterocycles. The van der Waals surface area contributed by atoms with Crippen LogP contribution in [0.1, 0.15) is 12.5 Å². The third kappa shape index (κ3) is 4.60. The predicted molar refractivity (Wildman–Crippen MR) is 69.2 cm³/mol. The molecule has 0 saturated carbocycles. The van der Waals surface area contributed by atoms with Crippen LogP contribution in [0.3, 0.4) is 0 Å². The summed E-state index contributed by atoms with van der Waals surface area (Å²) < 4.78 is 0. The first-order valence-corrected chi connectivity index (χ1v) is 5.65. The van der Waals surface area contributed by atoms with E-state index in [1.807, 2.05) is 24.3 Å². The van der Waals surface area contributed by atoms with Gasteiger partial charge in [0.2, 0.25) is 0 Å². The first kappa shape index (κ1) is 12.4. The zero-order chi connectivity index (χ0) is 11.3. The largest absolute Gasteiger partial charge is 0.392 e. The molecule has 0 spiro atoms. The van der Waals surface area contributed by atoms with Gasteiger partial charge in [-0.1, -0.05) is 42.9 Å². The lowest BCUT2D eigenvalue weighted by molar-refractivity contribution is 0.321. The fourth-order valence-corrected chi connectivity index (χ4v) is 1.66. The molecule has 2 N–H and O–H groups in total. The Morgan fingerprint density at radius 1 is 1.40 bits per heavy atom. The van der Waals surface area contributed by atoms with Crippen LogP contribution in [0.4, 0.5) is 0 Å². The van der Waals surface area contributed by atoms with Crippen LogP contribution in [0.25, 0.3) is 0 Å². The molecule has 2 nitrogen and oxygen atoms in total. The number of likely N-dealkylation sites (N-methyl/N-ethyl adjacent to an activating group) is 1. The van der Waals surface area contributed by atoms with Crippen molar-refractivity contribution >= 4 is 28.8 Å². The zero-order valence-electron chi connectivity index (χ0n) is 8.74. The SMILES string of the molecule is CCN(CC(N)=S)Cc1ccc(Cl)cc1. The van der Waals surface area contributed by atoms with Gasteiger partial charge in [0.15, 0.2) is 0 Å². The summed E-state index contributed by atoms with van der Waals surface area (Å²) in [5.41, 5.74) is 6.74. The maximum atomic E-state index is 5.81. The van der Waals surface area contributed by atoms with Gasteiger partial charge in [-0.3, -0.25) is 4.90 Å². The van der Waals surface area contributed by atoms with E-state index in [-0.39, 0.29) is 0 Å². The molecular formula is C11H15ClN2S. The minimum atomic E-state index is 0.533. The van der Waals surface area contributed by atoms with Crippen molar-refractivity contribution < 1.29 is 0 Å². The Hall–Kier alpha value is -0.640. The van der Waals surface area contributed by atoms with E-state index in [0.29, 0.717) is 11.5 Å². The molecule has 82 valence electrons. The molecule has 1 aromatic rings. The van der Waals surface area contributed by atoms with Crippen LogP contribution in [0.5, 0.6) is 0 Å². The Morgan fingerprint density at radius 3 is 2.47 bits per heavy atom. The quantitative estimate of drug-likeness (QED) is 0.805. The maximum Gasteiger partial charge on any atom is 0.0870 e. The number of nitrogens with zero attached hydrogens (tertiary/aromatic N) is 1. The van der Waals surface area contributed by atoms with Gasteiger partial charge in [-0.25, -0.2) is 0 Å². The number of thiocarbonyl (C=S) groups is 1. The molecule has 0 amide bonds. The second-order valence-corrected chi connectivity index (χ2v) is 4.36. The zero-order valence-corrected chi connectivity index (χ0v) is 10.3. The topological polar surface area (TPSA) is 29.3 Å². The Kier molecular flexibility index (Phi) is 5.02. The molecule has 0 aliphatic carbocycles. The number of rotatable bonds is 5. The molecule has 0 fully saturated rings. The third-order valence-corrected chi connectivity index (χ3v) is 2.53. The molecule has 0 aromatic heterocycles. The lowest BCUT2D eigenvalue weighted by atomic mass is 10.2. The first-order valence-electron chi connectivity index (χ1n) is 4.87. The van der Waals surface area contributed by atoms with E-state index in [1.54, 1.807) is 0 Å². The minimum absolute atomic E-state index is 0.533. The van der Waals surface area contributed by atoms with E-state index in [1.165, 1.54) is 5.56 Å². The second kappa shape index (κ2) is 6.05. The van der Waals surface area contributed by atoms with E-state index in [2.05, 4.69) is 11.8 Å². The van der Waals surface area contributed by atoms with Gasteiger partial charge in [0.05, 0.1) is 4.99 Å². The van der Waals surface area contributed by atoms with Crippen molar-refractivity contribution in [3.05, 3.63) is 34.9 Å². The van der Waals surface area contributed by atoms with Crippen LogP contribution in [0.15, 0.2) is 24.3 Å². The van der Waals surface area contributed by atoms with E-state index in [9.17, 15) is 0 Å². The lowest BCUT2D eigenvalue weighted by Gasteiger charge is -2.19. The molecule has 0 unspecified atom stereocenters. The van der Waals surface area contributed by atoms with Crippen molar-refractivity contribution in [2.45, 2.75) is 13.5 Å². The van der Waals surface area contributed by atoms with E-state index < -0.39 is 0 Å². The number of hydrogen-bond acceptors (Lipinski definition) is 2. The Balaban J connectivity index is 2.58. The van der Waals surface area contributed by atoms with Gasteiger partial charge < -0.3 is 5.73 Å². The highest BCUT2D eigenvalue weighted by molar-refractivity contribution is 7.80. The average molecular weight is 243 g/mol. The van der Waals surface area contributed by atoms with Gasteiger partial charge >= 0.3 is 0 Å². The van der Waals surface area contributed by atoms with Crippen molar-refractivity contribution in [2.24, 2.45) is 5.73 Å². The second-order valence-electron chi connectivity index (χ2n) is 3.40. The van der Waals surface area contributed by atoms with Crippen LogP contribution in [-0.2, 0) is 6.54 Å². The standard InChI is InChI=1S/C11H15ClN2S/c1-2-14(8-11(13)15)7-9-3-5-10(12)6-4-9/h3-6H,2,7-8H2,1H3,(H2,13,15). The molecule has 1 rings (SSSR count). The summed E-state index contributed by atoms with van der Waals surface area (Å²) in [6, 6.07) is 7.83. The summed E-state index contributed by atoms with van der Waals surface area (Å²) in [5, 5.41) is 0.760. The van der Waals surface area contributed by atoms with Crippen LogP contribution in [0, 0.1) is 0 Å². The van der Waals surface area contributed by atoms with Crippen molar-refractivity contribution in [2.75, 3.05) is 13.1 Å². The monoisotopic (exact) mass is 242 g/mol. The summed E-state index contributed by atoms with van der Waals surface area (Å²) in [5.74, 6) is 0. The Bertz CT molecular complexity index is 324. The molecular weight excluding hydrogens is 228 g/mol. The molecule has 0 saturated heterocycles. The van der Waals surface area contributed by atoms with Gasteiger partial charge in [0.1, 0.15) is 0 Å². The van der Waals surface area contributed by atoms with Crippen molar-refractivity contribution in [1.82, 2.24) is 4.90 Å². The fourth-order valence-electron chi connectivity index (χ4n) is 1.35. The Morgan fingerprint density at radius 2 is 2.00 bits per heavy atom. The van der Waals surface area contributed by atoms with E-state index in [4.69, 9.17) is 29.6 Å². The van der Waals surface area contributed by atoms with E-state index in [0.717, 1.165) is 18.1 Å². The molecule has 4 heteroatoms. The number of hydrogen-bond donors (Lipinski definition) is 1. The number of nitrogens with two attached hydrogens (primary N) is 1. The van der Waals surface area contributed by atoms with Gasteiger partial charge in [-0.05, 0) is 24.2 Å². The van der Waals surface area contributed by atoms with Crippen molar-refractivity contribution in [1.29, 1.82) is 0 Å². The molecule has 0 atom stereocenters. The lowest BCUT2D eigenvalue weighted by Crippen LogP contribution is -2.32. The summed E-state index contributed by atoms with van der Waals surface area (Å²) >= 11 is 10.7. The third-order valence-electron chi connectivity index (χ3n) is 2.15. The first-order chi connectivity index (χ1) is 7.11. The molecule has 0 radical (unpaired) electrons. The van der Waals surface area contributed by atoms with Crippen molar-refractivity contribution in [3.63, 3.8) is 0 Å². The highest BCUT2D eigenvalue weighted by Gasteiger charge is 2.04. The van der Waals surface area contributed by atoms with Crippen LogP contribution in [-0.4, -0.2) is 23.0 Å². The molecule has 0 aliphatic rings. The maximum absolute atomic E-state index is 5.81. The number of halogens is 1. The molecule has 1 aromatic carbocycles. The van der Waals surface area contributed by atoms with Crippen LogP contribution >= 0.6 is 23.8 Å². The summed E-state index contributed by atoms with van der Waals surface area (Å²) in [6.07, 6.45) is 0. The number of benzene rings is 1. The summed E-state index contributed by atoms with van der Waals surface area (Å²) in [6.45, 7) is 4.54. The van der Waals surface area contributed by atoms with Gasteiger partial charge in [-0.2, -0.15) is 0 Å². The summed E-state index contributed by atoms with van der Waals surface area (Å²) in [7, 11) is 0. The molecule has 0 bridgehead atoms. The smallest absolute Gasteiger partial charge is 0.0870 e.